The Labute approximate surface area is 223 Å². The van der Waals surface area contributed by atoms with Crippen LogP contribution in [-0.4, -0.2) is 55.3 Å². The Morgan fingerprint density at radius 2 is 2.00 bits per heavy atom. The standard InChI is InChI=1S/C26H26ClN7O2S/c1-17-10-26(14-36-17)5-8-33(9-6-26)21-11-30-22(12-29-21)37-20-3-2-19-23(24(20)27)25(35)34(16-32-19)13-18-4-7-28-15-31-18/h2-4,7,11-12,15-17H,5-6,8-10,13-14H2,1H3/t17-/m0/s1. The summed E-state index contributed by atoms with van der Waals surface area (Å²) < 4.78 is 7.35. The second-order valence-electron chi connectivity index (χ2n) is 9.78. The third-order valence-electron chi connectivity index (χ3n) is 7.24. The summed E-state index contributed by atoms with van der Waals surface area (Å²) in [5.41, 5.74) is 1.37. The minimum Gasteiger partial charge on any atom is -0.378 e. The van der Waals surface area contributed by atoms with Crippen molar-refractivity contribution >= 4 is 40.1 Å². The number of halogens is 1. The van der Waals surface area contributed by atoms with Gasteiger partial charge in [0.2, 0.25) is 0 Å². The molecule has 0 bridgehead atoms. The highest BCUT2D eigenvalue weighted by molar-refractivity contribution is 7.99. The highest BCUT2D eigenvalue weighted by Crippen LogP contribution is 2.42. The van der Waals surface area contributed by atoms with Crippen molar-refractivity contribution in [1.29, 1.82) is 0 Å². The quantitative estimate of drug-likeness (QED) is 0.372. The highest BCUT2D eigenvalue weighted by atomic mass is 35.5. The first-order chi connectivity index (χ1) is 18.0. The van der Waals surface area contributed by atoms with Crippen molar-refractivity contribution in [3.8, 4) is 0 Å². The zero-order chi connectivity index (χ0) is 25.4. The van der Waals surface area contributed by atoms with Crippen molar-refractivity contribution in [2.45, 2.75) is 48.8 Å². The Bertz CT molecular complexity index is 1470. The Morgan fingerprint density at radius 1 is 1.14 bits per heavy atom. The van der Waals surface area contributed by atoms with E-state index < -0.39 is 0 Å². The summed E-state index contributed by atoms with van der Waals surface area (Å²) in [6.07, 6.45) is 11.9. The maximum absolute atomic E-state index is 13.2. The first-order valence-corrected chi connectivity index (χ1v) is 13.5. The smallest absolute Gasteiger partial charge is 0.263 e. The van der Waals surface area contributed by atoms with Crippen LogP contribution in [0.2, 0.25) is 5.02 Å². The number of hydrogen-bond acceptors (Lipinski definition) is 9. The van der Waals surface area contributed by atoms with E-state index in [-0.39, 0.29) is 12.1 Å². The molecule has 6 rings (SSSR count). The van der Waals surface area contributed by atoms with E-state index in [1.807, 2.05) is 12.3 Å². The predicted octanol–water partition coefficient (Wildman–Crippen LogP) is 4.22. The van der Waals surface area contributed by atoms with Gasteiger partial charge in [-0.25, -0.2) is 24.9 Å². The summed E-state index contributed by atoms with van der Waals surface area (Å²) in [4.78, 5) is 38.1. The molecule has 0 amide bonds. The number of benzene rings is 1. The number of hydrogen-bond donors (Lipinski definition) is 0. The average Bonchev–Trinajstić information content (AvgIpc) is 3.28. The molecule has 2 saturated heterocycles. The summed E-state index contributed by atoms with van der Waals surface area (Å²) >= 11 is 8.11. The van der Waals surface area contributed by atoms with Crippen LogP contribution in [0.15, 0.2) is 64.2 Å². The Kier molecular flexibility index (Phi) is 6.56. The SMILES string of the molecule is C[C@H]1CC2(CCN(c3cnc(Sc4ccc5ncn(Cc6ccncn6)c(=O)c5c4Cl)cn3)CC2)CO1. The summed E-state index contributed by atoms with van der Waals surface area (Å²) in [5, 5.41) is 1.44. The van der Waals surface area contributed by atoms with Crippen LogP contribution in [-0.2, 0) is 11.3 Å². The molecule has 0 N–H and O–H groups in total. The normalized spacial score (nSPS) is 19.1. The minimum atomic E-state index is -0.220. The third-order valence-corrected chi connectivity index (χ3v) is 8.73. The van der Waals surface area contributed by atoms with Gasteiger partial charge in [-0.15, -0.1) is 0 Å². The van der Waals surface area contributed by atoms with Crippen molar-refractivity contribution in [3.63, 3.8) is 0 Å². The first-order valence-electron chi connectivity index (χ1n) is 12.3. The first kappa shape index (κ1) is 24.3. The zero-order valence-electron chi connectivity index (χ0n) is 20.4. The van der Waals surface area contributed by atoms with Gasteiger partial charge in [-0.3, -0.25) is 9.36 Å². The molecule has 9 nitrogen and oxygen atoms in total. The van der Waals surface area contributed by atoms with Crippen LogP contribution >= 0.6 is 23.4 Å². The zero-order valence-corrected chi connectivity index (χ0v) is 22.0. The number of fused-ring (bicyclic) bond motifs is 1. The molecule has 0 saturated carbocycles. The van der Waals surface area contributed by atoms with Crippen LogP contribution in [0, 0.1) is 5.41 Å². The molecular formula is C26H26ClN7O2S. The van der Waals surface area contributed by atoms with Gasteiger partial charge >= 0.3 is 0 Å². The number of piperidine rings is 1. The predicted molar refractivity (Wildman–Crippen MR) is 142 cm³/mol. The van der Waals surface area contributed by atoms with Gasteiger partial charge in [-0.1, -0.05) is 23.4 Å². The van der Waals surface area contributed by atoms with Crippen molar-refractivity contribution in [1.82, 2.24) is 29.5 Å². The molecule has 2 fully saturated rings. The van der Waals surface area contributed by atoms with Gasteiger partial charge in [0.25, 0.3) is 5.56 Å². The molecule has 0 radical (unpaired) electrons. The topological polar surface area (TPSA) is 98.9 Å². The Balaban J connectivity index is 1.18. The Hall–Kier alpha value is -3.08. The lowest BCUT2D eigenvalue weighted by molar-refractivity contribution is 0.0976. The van der Waals surface area contributed by atoms with E-state index in [0.29, 0.717) is 38.2 Å². The van der Waals surface area contributed by atoms with Crippen LogP contribution in [0.5, 0.6) is 0 Å². The van der Waals surface area contributed by atoms with Crippen molar-refractivity contribution in [2.24, 2.45) is 5.41 Å². The van der Waals surface area contributed by atoms with E-state index in [1.54, 1.807) is 24.5 Å². The van der Waals surface area contributed by atoms with E-state index in [2.05, 4.69) is 36.7 Å². The van der Waals surface area contributed by atoms with Gasteiger partial charge in [0.05, 0.1) is 59.6 Å². The van der Waals surface area contributed by atoms with Crippen molar-refractivity contribution < 1.29 is 4.74 Å². The van der Waals surface area contributed by atoms with Gasteiger partial charge in [0, 0.05) is 24.2 Å². The van der Waals surface area contributed by atoms with Gasteiger partial charge in [-0.05, 0) is 49.8 Å². The molecule has 1 atom stereocenters. The molecule has 5 heterocycles. The molecule has 1 spiro atoms. The van der Waals surface area contributed by atoms with Gasteiger partial charge in [0.15, 0.2) is 0 Å². The molecular weight excluding hydrogens is 510 g/mol. The van der Waals surface area contributed by atoms with E-state index in [4.69, 9.17) is 16.3 Å². The molecule has 11 heteroatoms. The fraction of sp³-hybridized carbons (Fsp3) is 0.385. The fourth-order valence-corrected chi connectivity index (χ4v) is 6.33. The second kappa shape index (κ2) is 10.00. The lowest BCUT2D eigenvalue weighted by Crippen LogP contribution is -2.41. The molecule has 2 aliphatic rings. The number of aromatic nitrogens is 6. The lowest BCUT2D eigenvalue weighted by Gasteiger charge is -2.38. The van der Waals surface area contributed by atoms with Crippen LogP contribution in [0.4, 0.5) is 5.82 Å². The second-order valence-corrected chi connectivity index (χ2v) is 11.2. The Morgan fingerprint density at radius 3 is 2.70 bits per heavy atom. The summed E-state index contributed by atoms with van der Waals surface area (Å²) in [6.45, 7) is 5.24. The maximum Gasteiger partial charge on any atom is 0.263 e. The maximum atomic E-state index is 13.2. The number of nitrogens with zero attached hydrogens (tertiary/aromatic N) is 7. The molecule has 3 aromatic heterocycles. The molecule has 2 aliphatic heterocycles. The summed E-state index contributed by atoms with van der Waals surface area (Å²) in [5.74, 6) is 0.882. The van der Waals surface area contributed by atoms with Crippen LogP contribution in [0.25, 0.3) is 10.9 Å². The van der Waals surface area contributed by atoms with Gasteiger partial charge < -0.3 is 9.64 Å². The van der Waals surface area contributed by atoms with E-state index in [1.165, 1.54) is 29.0 Å². The molecule has 4 aromatic rings. The fourth-order valence-electron chi connectivity index (χ4n) is 5.21. The largest absolute Gasteiger partial charge is 0.378 e. The van der Waals surface area contributed by atoms with Crippen molar-refractivity contribution in [2.75, 3.05) is 24.6 Å². The van der Waals surface area contributed by atoms with Gasteiger partial charge in [0.1, 0.15) is 17.2 Å². The number of ether oxygens (including phenoxy) is 1. The summed E-state index contributed by atoms with van der Waals surface area (Å²) in [7, 11) is 0. The molecule has 190 valence electrons. The van der Waals surface area contributed by atoms with E-state index in [9.17, 15) is 4.79 Å². The summed E-state index contributed by atoms with van der Waals surface area (Å²) in [6, 6.07) is 5.43. The highest BCUT2D eigenvalue weighted by Gasteiger charge is 2.41. The third kappa shape index (κ3) is 4.93. The molecule has 0 unspecified atom stereocenters. The van der Waals surface area contributed by atoms with Crippen molar-refractivity contribution in [3.05, 3.63) is 70.5 Å². The minimum absolute atomic E-state index is 0.220. The monoisotopic (exact) mass is 535 g/mol. The van der Waals surface area contributed by atoms with Gasteiger partial charge in [-0.2, -0.15) is 0 Å². The number of anilines is 1. The lowest BCUT2D eigenvalue weighted by atomic mass is 9.77. The average molecular weight is 536 g/mol. The van der Waals surface area contributed by atoms with E-state index in [0.717, 1.165) is 49.7 Å². The molecule has 37 heavy (non-hydrogen) atoms. The molecule has 0 aliphatic carbocycles. The van der Waals surface area contributed by atoms with Crippen LogP contribution in [0.1, 0.15) is 31.9 Å². The number of rotatable bonds is 5. The molecule has 1 aromatic carbocycles. The van der Waals surface area contributed by atoms with Crippen LogP contribution < -0.4 is 10.5 Å². The van der Waals surface area contributed by atoms with E-state index >= 15 is 0 Å². The van der Waals surface area contributed by atoms with Crippen LogP contribution in [0.3, 0.4) is 0 Å².